The van der Waals surface area contributed by atoms with Crippen LogP contribution in [-0.4, -0.2) is 11.6 Å². The Bertz CT molecular complexity index is 433. The molecule has 60 valence electrons. The largest absolute Gasteiger partial charge is 0.490 e. The van der Waals surface area contributed by atoms with E-state index in [0.29, 0.717) is 0 Å². The zero-order chi connectivity index (χ0) is 7.97. The zero-order valence-electron chi connectivity index (χ0n) is 6.41. The number of furan rings is 1. The van der Waals surface area contributed by atoms with Gasteiger partial charge in [-0.25, -0.2) is 0 Å². The normalized spacial score (nSPS) is 14.7. The third kappa shape index (κ3) is 0.630. The lowest BCUT2D eigenvalue weighted by Gasteiger charge is -1.97. The van der Waals surface area contributed by atoms with Crippen LogP contribution in [0.4, 0.5) is 0 Å². The molecule has 0 spiro atoms. The summed E-state index contributed by atoms with van der Waals surface area (Å²) >= 11 is 0. The summed E-state index contributed by atoms with van der Waals surface area (Å²) < 4.78 is 10.6. The van der Waals surface area contributed by atoms with Gasteiger partial charge in [0.05, 0.1) is 30.1 Å². The highest BCUT2D eigenvalue weighted by molar-refractivity contribution is 5.84. The highest BCUT2D eigenvalue weighted by atomic mass is 16.5. The Kier molecular flexibility index (Phi) is 1.01. The molecule has 1 aliphatic heterocycles. The van der Waals surface area contributed by atoms with Crippen LogP contribution in [0.1, 0.15) is 5.69 Å². The molecular formula is C9H7NO2. The van der Waals surface area contributed by atoms with Crippen molar-refractivity contribution in [2.45, 2.75) is 6.42 Å². The summed E-state index contributed by atoms with van der Waals surface area (Å²) in [6.45, 7) is 0.743. The van der Waals surface area contributed by atoms with E-state index in [1.807, 2.05) is 6.07 Å². The van der Waals surface area contributed by atoms with Gasteiger partial charge in [0.25, 0.3) is 0 Å². The number of rotatable bonds is 0. The molecule has 0 N–H and O–H groups in total. The number of aromatic nitrogens is 1. The lowest BCUT2D eigenvalue weighted by molar-refractivity contribution is 0.360. The molecule has 2 aromatic heterocycles. The first-order chi connectivity index (χ1) is 5.95. The molecule has 1 aliphatic rings. The maximum atomic E-state index is 5.45. The summed E-state index contributed by atoms with van der Waals surface area (Å²) in [7, 11) is 0. The van der Waals surface area contributed by atoms with Crippen LogP contribution >= 0.6 is 0 Å². The van der Waals surface area contributed by atoms with Crippen LogP contribution < -0.4 is 4.74 Å². The second-order valence-corrected chi connectivity index (χ2v) is 2.83. The van der Waals surface area contributed by atoms with Gasteiger partial charge < -0.3 is 9.15 Å². The minimum Gasteiger partial charge on any atom is -0.490 e. The molecule has 3 heterocycles. The van der Waals surface area contributed by atoms with Crippen LogP contribution in [0, 0.1) is 0 Å². The molecule has 0 saturated heterocycles. The molecule has 12 heavy (non-hydrogen) atoms. The van der Waals surface area contributed by atoms with Gasteiger partial charge in [-0.05, 0) is 6.07 Å². The van der Waals surface area contributed by atoms with E-state index in [0.717, 1.165) is 35.4 Å². The number of pyridine rings is 1. The SMILES string of the molecule is c1cc2c3c(ncc2o1)CCO3. The number of fused-ring (bicyclic) bond motifs is 3. The average Bonchev–Trinajstić information content (AvgIpc) is 2.71. The van der Waals surface area contributed by atoms with Gasteiger partial charge in [0.15, 0.2) is 11.3 Å². The molecule has 0 saturated carbocycles. The molecule has 2 aromatic rings. The van der Waals surface area contributed by atoms with Crippen molar-refractivity contribution in [2.75, 3.05) is 6.61 Å². The van der Waals surface area contributed by atoms with Crippen molar-refractivity contribution in [2.24, 2.45) is 0 Å². The van der Waals surface area contributed by atoms with Crippen molar-refractivity contribution in [3.8, 4) is 5.75 Å². The fourth-order valence-electron chi connectivity index (χ4n) is 1.55. The van der Waals surface area contributed by atoms with Gasteiger partial charge in [-0.3, -0.25) is 4.98 Å². The standard InChI is InChI=1S/C9H7NO2/c1-3-11-8-5-10-7-2-4-12-9(7)6(1)8/h1,3,5H,2,4H2. The molecular weight excluding hydrogens is 154 g/mol. The summed E-state index contributed by atoms with van der Waals surface area (Å²) in [6.07, 6.45) is 4.33. The predicted molar refractivity (Wildman–Crippen MR) is 43.2 cm³/mol. The molecule has 0 radical (unpaired) electrons. The average molecular weight is 161 g/mol. The topological polar surface area (TPSA) is 35.3 Å². The molecule has 0 bridgehead atoms. The smallest absolute Gasteiger partial charge is 0.155 e. The molecule has 3 nitrogen and oxygen atoms in total. The van der Waals surface area contributed by atoms with E-state index in [1.54, 1.807) is 12.5 Å². The van der Waals surface area contributed by atoms with Crippen LogP contribution in [0.3, 0.4) is 0 Å². The van der Waals surface area contributed by atoms with Gasteiger partial charge in [-0.2, -0.15) is 0 Å². The van der Waals surface area contributed by atoms with E-state index in [2.05, 4.69) is 4.98 Å². The Balaban J connectivity index is 2.46. The summed E-state index contributed by atoms with van der Waals surface area (Å²) in [5, 5.41) is 1.04. The molecule has 0 amide bonds. The fourth-order valence-corrected chi connectivity index (χ4v) is 1.55. The number of hydrogen-bond acceptors (Lipinski definition) is 3. The van der Waals surface area contributed by atoms with Crippen molar-refractivity contribution in [1.29, 1.82) is 0 Å². The monoisotopic (exact) mass is 161 g/mol. The second kappa shape index (κ2) is 2.00. The Morgan fingerprint density at radius 3 is 3.42 bits per heavy atom. The molecule has 0 unspecified atom stereocenters. The second-order valence-electron chi connectivity index (χ2n) is 2.83. The lowest BCUT2D eigenvalue weighted by atomic mass is 10.2. The quantitative estimate of drug-likeness (QED) is 0.590. The van der Waals surface area contributed by atoms with E-state index in [9.17, 15) is 0 Å². The van der Waals surface area contributed by atoms with Gasteiger partial charge in [0.1, 0.15) is 0 Å². The van der Waals surface area contributed by atoms with Gasteiger partial charge in [-0.1, -0.05) is 0 Å². The minimum absolute atomic E-state index is 0.743. The maximum Gasteiger partial charge on any atom is 0.155 e. The van der Waals surface area contributed by atoms with E-state index in [-0.39, 0.29) is 0 Å². The third-order valence-corrected chi connectivity index (χ3v) is 2.12. The number of hydrogen-bond donors (Lipinski definition) is 0. The zero-order valence-corrected chi connectivity index (χ0v) is 6.41. The highest BCUT2D eigenvalue weighted by Gasteiger charge is 2.17. The summed E-state index contributed by atoms with van der Waals surface area (Å²) in [6, 6.07) is 1.92. The van der Waals surface area contributed by atoms with Crippen molar-refractivity contribution in [3.05, 3.63) is 24.2 Å². The van der Waals surface area contributed by atoms with Crippen LogP contribution in [0.5, 0.6) is 5.75 Å². The van der Waals surface area contributed by atoms with Crippen LogP contribution in [0.2, 0.25) is 0 Å². The van der Waals surface area contributed by atoms with Crippen LogP contribution in [-0.2, 0) is 6.42 Å². The van der Waals surface area contributed by atoms with Crippen molar-refractivity contribution in [1.82, 2.24) is 4.98 Å². The van der Waals surface area contributed by atoms with E-state index in [1.165, 1.54) is 0 Å². The van der Waals surface area contributed by atoms with Crippen molar-refractivity contribution < 1.29 is 9.15 Å². The van der Waals surface area contributed by atoms with E-state index in [4.69, 9.17) is 9.15 Å². The number of nitrogens with zero attached hydrogens (tertiary/aromatic N) is 1. The Hall–Kier alpha value is -1.51. The molecule has 0 atom stereocenters. The minimum atomic E-state index is 0.743. The Morgan fingerprint density at radius 2 is 2.42 bits per heavy atom. The highest BCUT2D eigenvalue weighted by Crippen LogP contribution is 2.32. The summed E-state index contributed by atoms with van der Waals surface area (Å²) in [4.78, 5) is 4.24. The molecule has 0 aromatic carbocycles. The van der Waals surface area contributed by atoms with E-state index < -0.39 is 0 Å². The van der Waals surface area contributed by atoms with Gasteiger partial charge >= 0.3 is 0 Å². The van der Waals surface area contributed by atoms with Crippen molar-refractivity contribution >= 4 is 11.0 Å². The van der Waals surface area contributed by atoms with Gasteiger partial charge in [0, 0.05) is 6.42 Å². The van der Waals surface area contributed by atoms with Crippen LogP contribution in [0.15, 0.2) is 22.9 Å². The number of ether oxygens (including phenoxy) is 1. The predicted octanol–water partition coefficient (Wildman–Crippen LogP) is 1.76. The van der Waals surface area contributed by atoms with E-state index >= 15 is 0 Å². The summed E-state index contributed by atoms with van der Waals surface area (Å²) in [5.41, 5.74) is 1.85. The van der Waals surface area contributed by atoms with Crippen molar-refractivity contribution in [3.63, 3.8) is 0 Å². The Labute approximate surface area is 69.0 Å². The van der Waals surface area contributed by atoms with Crippen LogP contribution in [0.25, 0.3) is 11.0 Å². The molecule has 0 aliphatic carbocycles. The first-order valence-electron chi connectivity index (χ1n) is 3.93. The first-order valence-corrected chi connectivity index (χ1v) is 3.93. The first kappa shape index (κ1) is 6.06. The summed E-state index contributed by atoms with van der Waals surface area (Å²) in [5.74, 6) is 0.904. The Morgan fingerprint density at radius 1 is 1.42 bits per heavy atom. The van der Waals surface area contributed by atoms with Gasteiger partial charge in [0.2, 0.25) is 0 Å². The maximum absolute atomic E-state index is 5.45. The molecule has 3 rings (SSSR count). The molecule has 0 fully saturated rings. The lowest BCUT2D eigenvalue weighted by Crippen LogP contribution is -1.86. The third-order valence-electron chi connectivity index (χ3n) is 2.12. The fraction of sp³-hybridized carbons (Fsp3) is 0.222. The van der Waals surface area contributed by atoms with Gasteiger partial charge in [-0.15, -0.1) is 0 Å². The molecule has 3 heteroatoms.